The monoisotopic (exact) mass is 547 g/mol. The van der Waals surface area contributed by atoms with E-state index in [0.717, 1.165) is 24.9 Å². The molecule has 1 N–H and O–H groups in total. The van der Waals surface area contributed by atoms with E-state index in [1.165, 1.54) is 17.0 Å². The first-order valence-corrected chi connectivity index (χ1v) is 10.2. The molecule has 0 aliphatic rings. The maximum absolute atomic E-state index is 11.3. The van der Waals surface area contributed by atoms with Gasteiger partial charge in [-0.3, -0.25) is 4.79 Å². The summed E-state index contributed by atoms with van der Waals surface area (Å²) in [6, 6.07) is 19.9. The molecule has 0 bridgehead atoms. The van der Waals surface area contributed by atoms with Crippen molar-refractivity contribution in [3.8, 4) is 11.8 Å². The second kappa shape index (κ2) is 9.66. The lowest BCUT2D eigenvalue weighted by Gasteiger charge is -2.13. The fourth-order valence-corrected chi connectivity index (χ4v) is 4.42. The van der Waals surface area contributed by atoms with Crippen LogP contribution in [0.4, 0.5) is 0 Å². The zero-order valence-corrected chi connectivity index (χ0v) is 18.4. The first-order valence-electron chi connectivity index (χ1n) is 8.36. The van der Waals surface area contributed by atoms with Crippen molar-refractivity contribution in [1.29, 1.82) is 5.26 Å². The van der Waals surface area contributed by atoms with Gasteiger partial charge in [0.1, 0.15) is 18.8 Å². The lowest BCUT2D eigenvalue weighted by Crippen LogP contribution is -2.16. The molecule has 0 saturated heterocycles. The number of nitrogens with zero attached hydrogens (tertiary/aromatic N) is 2. The molecule has 1 amide bonds. The third kappa shape index (κ3) is 5.09. The molecular formula is C21H15BrIN3O2. The van der Waals surface area contributed by atoms with Gasteiger partial charge in [0, 0.05) is 0 Å². The lowest BCUT2D eigenvalue weighted by atomic mass is 10.1. The molecule has 0 aliphatic heterocycles. The Bertz CT molecular complexity index is 1060. The Kier molecular flexibility index (Phi) is 7.01. The highest BCUT2D eigenvalue weighted by Crippen LogP contribution is 2.33. The second-order valence-corrected chi connectivity index (χ2v) is 7.89. The number of hydrogen-bond acceptors (Lipinski definition) is 4. The molecule has 0 atom stereocenters. The van der Waals surface area contributed by atoms with Gasteiger partial charge in [0.15, 0.2) is 0 Å². The number of rotatable bonds is 6. The van der Waals surface area contributed by atoms with Crippen LogP contribution in [0.2, 0.25) is 0 Å². The highest BCUT2D eigenvalue weighted by atomic mass is 127. The molecule has 7 heteroatoms. The van der Waals surface area contributed by atoms with Gasteiger partial charge in [-0.1, -0.05) is 42.5 Å². The summed E-state index contributed by atoms with van der Waals surface area (Å²) in [5.41, 5.74) is 4.22. The van der Waals surface area contributed by atoms with E-state index in [2.05, 4.69) is 73.3 Å². The molecule has 3 aromatic rings. The zero-order valence-electron chi connectivity index (χ0n) is 14.7. The second-order valence-electron chi connectivity index (χ2n) is 5.87. The smallest absolute Gasteiger partial charge is 0.254 e. The van der Waals surface area contributed by atoms with Crippen LogP contribution < -0.4 is 10.2 Å². The van der Waals surface area contributed by atoms with Crippen molar-refractivity contribution in [1.82, 2.24) is 5.43 Å². The highest BCUT2D eigenvalue weighted by Gasteiger charge is 2.10. The summed E-state index contributed by atoms with van der Waals surface area (Å²) in [6.45, 7) is 0.452. The lowest BCUT2D eigenvalue weighted by molar-refractivity contribution is -0.120. The summed E-state index contributed by atoms with van der Waals surface area (Å²) < 4.78 is 7.80. The van der Waals surface area contributed by atoms with Crippen molar-refractivity contribution in [2.75, 3.05) is 0 Å². The van der Waals surface area contributed by atoms with Crippen molar-refractivity contribution in [2.24, 2.45) is 5.10 Å². The molecule has 0 fully saturated rings. The standard InChI is InChI=1S/C21H15BrIN3O2/c22-18-10-14(12-25-26-20(27)8-9-24)11-19(23)21(18)28-13-16-6-3-5-15-4-1-2-7-17(15)16/h1-7,10-12H,8,13H2,(H,26,27)/b25-12-. The summed E-state index contributed by atoms with van der Waals surface area (Å²) >= 11 is 5.75. The van der Waals surface area contributed by atoms with Gasteiger partial charge in [0.25, 0.3) is 5.91 Å². The molecule has 0 saturated carbocycles. The first-order chi connectivity index (χ1) is 13.6. The Morgan fingerprint density at radius 3 is 2.82 bits per heavy atom. The van der Waals surface area contributed by atoms with Crippen LogP contribution in [-0.2, 0) is 11.4 Å². The molecule has 0 aliphatic carbocycles. The third-order valence-electron chi connectivity index (χ3n) is 3.92. The Morgan fingerprint density at radius 2 is 2.04 bits per heavy atom. The van der Waals surface area contributed by atoms with Gasteiger partial charge in [-0.15, -0.1) is 0 Å². The number of carbonyl (C=O) groups excluding carboxylic acids is 1. The van der Waals surface area contributed by atoms with Crippen molar-refractivity contribution < 1.29 is 9.53 Å². The average molecular weight is 548 g/mol. The van der Waals surface area contributed by atoms with Crippen LogP contribution in [0.3, 0.4) is 0 Å². The number of ether oxygens (including phenoxy) is 1. The molecule has 140 valence electrons. The van der Waals surface area contributed by atoms with E-state index in [4.69, 9.17) is 10.00 Å². The Balaban J connectivity index is 1.73. The number of benzene rings is 3. The quantitative estimate of drug-likeness (QED) is 0.263. The van der Waals surface area contributed by atoms with E-state index in [9.17, 15) is 4.79 Å². The molecule has 5 nitrogen and oxygen atoms in total. The van der Waals surface area contributed by atoms with Crippen LogP contribution in [0.5, 0.6) is 5.75 Å². The zero-order chi connectivity index (χ0) is 19.9. The van der Waals surface area contributed by atoms with Crippen LogP contribution in [0.25, 0.3) is 10.8 Å². The SMILES string of the molecule is N#CCC(=O)N/N=C\c1cc(Br)c(OCc2cccc3ccccc23)c(I)c1. The molecule has 28 heavy (non-hydrogen) atoms. The van der Waals surface area contributed by atoms with Gasteiger partial charge in [0.2, 0.25) is 0 Å². The maximum atomic E-state index is 11.3. The van der Waals surface area contributed by atoms with Crippen molar-refractivity contribution in [2.45, 2.75) is 13.0 Å². The Labute approximate surface area is 184 Å². The van der Waals surface area contributed by atoms with E-state index in [0.29, 0.717) is 6.61 Å². The van der Waals surface area contributed by atoms with E-state index in [1.807, 2.05) is 30.3 Å². The number of fused-ring (bicyclic) bond motifs is 1. The van der Waals surface area contributed by atoms with E-state index in [1.54, 1.807) is 6.07 Å². The topological polar surface area (TPSA) is 74.5 Å². The maximum Gasteiger partial charge on any atom is 0.254 e. The van der Waals surface area contributed by atoms with Gasteiger partial charge in [-0.05, 0) is 72.6 Å². The highest BCUT2D eigenvalue weighted by molar-refractivity contribution is 14.1. The summed E-state index contributed by atoms with van der Waals surface area (Å²) in [4.78, 5) is 11.3. The molecule has 0 aromatic heterocycles. The number of nitrogens with one attached hydrogen (secondary N) is 1. The molecule has 0 spiro atoms. The van der Waals surface area contributed by atoms with E-state index < -0.39 is 5.91 Å². The molecule has 3 rings (SSSR count). The predicted octanol–water partition coefficient (Wildman–Crippen LogP) is 5.15. The van der Waals surface area contributed by atoms with Crippen LogP contribution in [0, 0.1) is 14.9 Å². The van der Waals surface area contributed by atoms with Gasteiger partial charge in [0.05, 0.1) is 20.3 Å². The van der Waals surface area contributed by atoms with E-state index in [-0.39, 0.29) is 6.42 Å². The minimum absolute atomic E-state index is 0.223. The number of hydrazone groups is 1. The van der Waals surface area contributed by atoms with Crippen LogP contribution in [-0.4, -0.2) is 12.1 Å². The van der Waals surface area contributed by atoms with Crippen LogP contribution in [0.1, 0.15) is 17.5 Å². The van der Waals surface area contributed by atoms with Crippen molar-refractivity contribution >= 4 is 61.4 Å². The number of halogens is 2. The fourth-order valence-electron chi connectivity index (χ4n) is 2.65. The molecule has 0 heterocycles. The number of carbonyl (C=O) groups is 1. The largest absolute Gasteiger partial charge is 0.487 e. The minimum Gasteiger partial charge on any atom is -0.487 e. The van der Waals surface area contributed by atoms with Crippen molar-refractivity contribution in [3.05, 3.63) is 73.8 Å². The van der Waals surface area contributed by atoms with Gasteiger partial charge in [-0.2, -0.15) is 10.4 Å². The average Bonchev–Trinajstić information content (AvgIpc) is 2.67. The third-order valence-corrected chi connectivity index (χ3v) is 5.31. The Morgan fingerprint density at radius 1 is 1.25 bits per heavy atom. The van der Waals surface area contributed by atoms with Gasteiger partial charge in [-0.25, -0.2) is 5.43 Å². The Hall–Kier alpha value is -2.44. The fraction of sp³-hybridized carbons (Fsp3) is 0.0952. The van der Waals surface area contributed by atoms with Crippen LogP contribution >= 0.6 is 38.5 Å². The molecule has 3 aromatic carbocycles. The molecule has 0 radical (unpaired) electrons. The summed E-state index contributed by atoms with van der Waals surface area (Å²) in [7, 11) is 0. The summed E-state index contributed by atoms with van der Waals surface area (Å²) in [6.07, 6.45) is 1.30. The first kappa shape index (κ1) is 20.3. The number of hydrogen-bond donors (Lipinski definition) is 1. The van der Waals surface area contributed by atoms with Crippen LogP contribution in [0.15, 0.2) is 64.2 Å². The van der Waals surface area contributed by atoms with Crippen molar-refractivity contribution in [3.63, 3.8) is 0 Å². The summed E-state index contributed by atoms with van der Waals surface area (Å²) in [5.74, 6) is 0.307. The molecular weight excluding hydrogens is 533 g/mol. The van der Waals surface area contributed by atoms with Gasteiger partial charge >= 0.3 is 0 Å². The number of amides is 1. The van der Waals surface area contributed by atoms with E-state index >= 15 is 0 Å². The molecule has 0 unspecified atom stereocenters. The minimum atomic E-state index is -0.442. The summed E-state index contributed by atoms with van der Waals surface area (Å²) in [5, 5.41) is 14.7. The predicted molar refractivity (Wildman–Crippen MR) is 121 cm³/mol. The van der Waals surface area contributed by atoms with Gasteiger partial charge < -0.3 is 4.74 Å². The number of nitriles is 1. The normalized spacial score (nSPS) is 10.8.